The lowest BCUT2D eigenvalue weighted by Crippen LogP contribution is -2.57. The van der Waals surface area contributed by atoms with Crippen molar-refractivity contribution >= 4 is 28.7 Å². The molecule has 1 aromatic heterocycles. The highest BCUT2D eigenvalue weighted by Crippen LogP contribution is 2.43. The number of amides is 2. The molecular formula is C21H23N3O4. The summed E-state index contributed by atoms with van der Waals surface area (Å²) in [5, 5.41) is 10.4. The van der Waals surface area contributed by atoms with Crippen LogP contribution in [0.5, 0.6) is 0 Å². The van der Waals surface area contributed by atoms with Crippen LogP contribution in [0.2, 0.25) is 0 Å². The van der Waals surface area contributed by atoms with Gasteiger partial charge in [0.2, 0.25) is 5.91 Å². The van der Waals surface area contributed by atoms with Crippen LogP contribution in [-0.2, 0) is 9.59 Å². The molecule has 0 saturated carbocycles. The smallest absolute Gasteiger partial charge is 0.309 e. The molecule has 1 unspecified atom stereocenters. The molecule has 1 atom stereocenters. The number of fused-ring (bicyclic) bond motifs is 1. The van der Waals surface area contributed by atoms with E-state index in [0.717, 1.165) is 16.6 Å². The number of carbonyl (C=O) groups is 3. The summed E-state index contributed by atoms with van der Waals surface area (Å²) in [7, 11) is 1.68. The number of carboxylic acid groups (broad SMARTS) is 1. The zero-order valence-corrected chi connectivity index (χ0v) is 16.0. The van der Waals surface area contributed by atoms with Crippen molar-refractivity contribution < 1.29 is 19.5 Å². The van der Waals surface area contributed by atoms with E-state index in [1.54, 1.807) is 22.9 Å². The molecule has 7 heteroatoms. The first-order chi connectivity index (χ1) is 13.3. The molecule has 7 nitrogen and oxygen atoms in total. The van der Waals surface area contributed by atoms with Crippen LogP contribution >= 0.6 is 0 Å². The Morgan fingerprint density at radius 1 is 1.21 bits per heavy atom. The summed E-state index contributed by atoms with van der Waals surface area (Å²) in [5.41, 5.74) is 1.48. The summed E-state index contributed by atoms with van der Waals surface area (Å²) in [6.45, 7) is 2.72. The zero-order chi connectivity index (χ0) is 20.1. The quantitative estimate of drug-likeness (QED) is 0.860. The number of benzene rings is 1. The molecular weight excluding hydrogens is 358 g/mol. The van der Waals surface area contributed by atoms with Crippen molar-refractivity contribution in [3.8, 4) is 0 Å². The predicted octanol–water partition coefficient (Wildman–Crippen LogP) is 2.08. The van der Waals surface area contributed by atoms with Crippen LogP contribution in [0, 0.1) is 12.8 Å². The summed E-state index contributed by atoms with van der Waals surface area (Å²) in [4.78, 5) is 45.0. The van der Waals surface area contributed by atoms with Crippen LogP contribution in [0.3, 0.4) is 0 Å². The lowest BCUT2D eigenvalue weighted by molar-refractivity contribution is -0.145. The van der Waals surface area contributed by atoms with E-state index in [0.29, 0.717) is 31.5 Å². The van der Waals surface area contributed by atoms with Crippen molar-refractivity contribution in [2.75, 3.05) is 20.1 Å². The standard InChI is InChI=1S/C21H23N3O4/c1-13-11-15(14-5-3-4-6-17(14)22-13)19(26)24-9-7-21(8-10-24)16(20(27)28)12-18(25)23(21)2/h3-6,11,16H,7-10,12H2,1-2H3,(H,27,28). The molecule has 2 amide bonds. The van der Waals surface area contributed by atoms with Crippen LogP contribution in [0.4, 0.5) is 0 Å². The topological polar surface area (TPSA) is 90.8 Å². The minimum Gasteiger partial charge on any atom is -0.481 e. The van der Waals surface area contributed by atoms with E-state index in [1.807, 2.05) is 31.2 Å². The van der Waals surface area contributed by atoms with Crippen LogP contribution in [0.25, 0.3) is 10.9 Å². The molecule has 4 rings (SSSR count). The van der Waals surface area contributed by atoms with Crippen LogP contribution < -0.4 is 0 Å². The van der Waals surface area contributed by atoms with E-state index in [9.17, 15) is 19.5 Å². The molecule has 1 N–H and O–H groups in total. The fraction of sp³-hybridized carbons (Fsp3) is 0.429. The Balaban J connectivity index is 1.60. The average Bonchev–Trinajstić information content (AvgIpc) is 2.92. The number of para-hydroxylation sites is 1. The number of aliphatic carboxylic acids is 1. The van der Waals surface area contributed by atoms with E-state index >= 15 is 0 Å². The van der Waals surface area contributed by atoms with E-state index in [1.165, 1.54) is 0 Å². The first kappa shape index (κ1) is 18.4. The van der Waals surface area contributed by atoms with Gasteiger partial charge in [0.25, 0.3) is 5.91 Å². The number of piperidine rings is 1. The molecule has 1 aromatic carbocycles. The first-order valence-corrected chi connectivity index (χ1v) is 9.48. The fourth-order valence-electron chi connectivity index (χ4n) is 4.74. The second-order valence-corrected chi connectivity index (χ2v) is 7.77. The third kappa shape index (κ3) is 2.73. The lowest BCUT2D eigenvalue weighted by atomic mass is 9.77. The Labute approximate surface area is 162 Å². The Bertz CT molecular complexity index is 979. The molecule has 2 aliphatic heterocycles. The van der Waals surface area contributed by atoms with Gasteiger partial charge in [-0.3, -0.25) is 19.4 Å². The molecule has 2 saturated heterocycles. The molecule has 2 aliphatic rings. The van der Waals surface area contributed by atoms with Crippen molar-refractivity contribution in [1.29, 1.82) is 0 Å². The lowest BCUT2D eigenvalue weighted by Gasteiger charge is -2.45. The maximum atomic E-state index is 13.2. The third-order valence-electron chi connectivity index (χ3n) is 6.36. The fourth-order valence-corrected chi connectivity index (χ4v) is 4.74. The highest BCUT2D eigenvalue weighted by Gasteiger charge is 2.55. The second kappa shape index (κ2) is 6.58. The number of carboxylic acids is 1. The van der Waals surface area contributed by atoms with Crippen molar-refractivity contribution in [2.24, 2.45) is 5.92 Å². The number of likely N-dealkylation sites (tertiary alicyclic amines) is 2. The molecule has 0 aliphatic carbocycles. The van der Waals surface area contributed by atoms with Gasteiger partial charge in [0, 0.05) is 37.6 Å². The van der Waals surface area contributed by atoms with Crippen LogP contribution in [-0.4, -0.2) is 63.4 Å². The van der Waals surface area contributed by atoms with Gasteiger partial charge >= 0.3 is 5.97 Å². The van der Waals surface area contributed by atoms with Gasteiger partial charge in [-0.15, -0.1) is 0 Å². The number of hydrogen-bond acceptors (Lipinski definition) is 4. The average molecular weight is 381 g/mol. The summed E-state index contributed by atoms with van der Waals surface area (Å²) in [6, 6.07) is 9.37. The molecule has 3 heterocycles. The maximum absolute atomic E-state index is 13.2. The minimum atomic E-state index is -0.937. The Hall–Kier alpha value is -2.96. The van der Waals surface area contributed by atoms with E-state index in [4.69, 9.17) is 0 Å². The van der Waals surface area contributed by atoms with Crippen LogP contribution in [0.15, 0.2) is 30.3 Å². The third-order valence-corrected chi connectivity index (χ3v) is 6.36. The van der Waals surface area contributed by atoms with Crippen LogP contribution in [0.1, 0.15) is 35.3 Å². The molecule has 0 radical (unpaired) electrons. The van der Waals surface area contributed by atoms with Gasteiger partial charge in [0.15, 0.2) is 0 Å². The molecule has 28 heavy (non-hydrogen) atoms. The Morgan fingerprint density at radius 2 is 1.89 bits per heavy atom. The summed E-state index contributed by atoms with van der Waals surface area (Å²) < 4.78 is 0. The largest absolute Gasteiger partial charge is 0.481 e. The predicted molar refractivity (Wildman–Crippen MR) is 103 cm³/mol. The number of rotatable bonds is 2. The zero-order valence-electron chi connectivity index (χ0n) is 16.0. The molecule has 146 valence electrons. The normalized spacial score (nSPS) is 21.5. The van der Waals surface area contributed by atoms with Gasteiger partial charge < -0.3 is 14.9 Å². The summed E-state index contributed by atoms with van der Waals surface area (Å²) in [6.07, 6.45) is 0.980. The second-order valence-electron chi connectivity index (χ2n) is 7.77. The van der Waals surface area contributed by atoms with Gasteiger partial charge in [-0.05, 0) is 31.9 Å². The number of hydrogen-bond donors (Lipinski definition) is 1. The highest BCUT2D eigenvalue weighted by molar-refractivity contribution is 6.06. The number of nitrogens with zero attached hydrogens (tertiary/aromatic N) is 3. The SMILES string of the molecule is Cc1cc(C(=O)N2CCC3(CC2)C(C(=O)O)CC(=O)N3C)c2ccccc2n1. The number of aromatic nitrogens is 1. The monoisotopic (exact) mass is 381 g/mol. The van der Waals surface area contributed by atoms with Gasteiger partial charge in [0.05, 0.1) is 22.5 Å². The van der Waals surface area contributed by atoms with E-state index < -0.39 is 17.4 Å². The number of pyridine rings is 1. The maximum Gasteiger partial charge on any atom is 0.309 e. The van der Waals surface area contributed by atoms with Gasteiger partial charge in [-0.2, -0.15) is 0 Å². The number of aryl methyl sites for hydroxylation is 1. The molecule has 2 aromatic rings. The van der Waals surface area contributed by atoms with E-state index in [2.05, 4.69) is 4.98 Å². The first-order valence-electron chi connectivity index (χ1n) is 9.48. The Kier molecular flexibility index (Phi) is 4.33. The van der Waals surface area contributed by atoms with Crippen molar-refractivity contribution in [3.05, 3.63) is 41.6 Å². The van der Waals surface area contributed by atoms with Gasteiger partial charge in [-0.25, -0.2) is 0 Å². The molecule has 1 spiro atoms. The highest BCUT2D eigenvalue weighted by atomic mass is 16.4. The minimum absolute atomic E-state index is 0.0357. The van der Waals surface area contributed by atoms with E-state index in [-0.39, 0.29) is 18.2 Å². The van der Waals surface area contributed by atoms with Gasteiger partial charge in [-0.1, -0.05) is 18.2 Å². The summed E-state index contributed by atoms with van der Waals surface area (Å²) in [5.74, 6) is -1.86. The van der Waals surface area contributed by atoms with Gasteiger partial charge in [0.1, 0.15) is 0 Å². The van der Waals surface area contributed by atoms with Crippen molar-refractivity contribution in [1.82, 2.24) is 14.8 Å². The number of carbonyl (C=O) groups excluding carboxylic acids is 2. The van der Waals surface area contributed by atoms with Crippen molar-refractivity contribution in [3.63, 3.8) is 0 Å². The molecule has 0 bridgehead atoms. The summed E-state index contributed by atoms with van der Waals surface area (Å²) >= 11 is 0. The van der Waals surface area contributed by atoms with Crippen molar-refractivity contribution in [2.45, 2.75) is 31.7 Å². The Morgan fingerprint density at radius 3 is 2.57 bits per heavy atom. The molecule has 2 fully saturated rings.